The zero-order valence-electron chi connectivity index (χ0n) is 10.1. The molecule has 2 N–H and O–H groups in total. The van der Waals surface area contributed by atoms with Crippen LogP contribution < -0.4 is 10.5 Å². The second-order valence-electron chi connectivity index (χ2n) is 5.01. The second-order valence-corrected chi connectivity index (χ2v) is 5.01. The molecule has 1 saturated carbocycles. The van der Waals surface area contributed by atoms with Crippen LogP contribution in [-0.2, 0) is 0 Å². The molecule has 1 aromatic rings. The number of hydrogen-bond donors (Lipinski definition) is 1. The highest BCUT2D eigenvalue weighted by atomic mass is 19.1. The first-order chi connectivity index (χ1) is 8.24. The van der Waals surface area contributed by atoms with E-state index in [-0.39, 0.29) is 11.2 Å². The fraction of sp³-hybridized carbons (Fsp3) is 0.571. The van der Waals surface area contributed by atoms with Gasteiger partial charge >= 0.3 is 0 Å². The second kappa shape index (κ2) is 5.50. The lowest BCUT2D eigenvalue weighted by Crippen LogP contribution is -2.38. The molecule has 1 aliphatic carbocycles. The number of nitrogens with two attached hydrogens (primary N) is 1. The first-order valence-corrected chi connectivity index (χ1v) is 6.33. The minimum absolute atomic E-state index is 0.132. The van der Waals surface area contributed by atoms with Gasteiger partial charge in [0, 0.05) is 12.0 Å². The largest absolute Gasteiger partial charge is 0.493 e. The maximum Gasteiger partial charge on any atom is 0.123 e. The summed E-state index contributed by atoms with van der Waals surface area (Å²) in [6, 6.07) is 6.18. The molecule has 17 heavy (non-hydrogen) atoms. The van der Waals surface area contributed by atoms with Crippen molar-refractivity contribution in [2.24, 2.45) is 11.1 Å². The molecule has 0 atom stereocenters. The molecular weight excluding hydrogens is 217 g/mol. The van der Waals surface area contributed by atoms with Crippen molar-refractivity contribution in [3.05, 3.63) is 30.1 Å². The lowest BCUT2D eigenvalue weighted by Gasteiger charge is -2.35. The molecule has 0 amide bonds. The lowest BCUT2D eigenvalue weighted by molar-refractivity contribution is 0.105. The van der Waals surface area contributed by atoms with Crippen molar-refractivity contribution in [1.29, 1.82) is 0 Å². The van der Waals surface area contributed by atoms with Gasteiger partial charge in [0.1, 0.15) is 11.6 Å². The Morgan fingerprint density at radius 2 is 1.76 bits per heavy atom. The van der Waals surface area contributed by atoms with Gasteiger partial charge in [-0.15, -0.1) is 0 Å². The third kappa shape index (κ3) is 3.19. The Balaban J connectivity index is 1.93. The molecule has 1 aromatic carbocycles. The first kappa shape index (κ1) is 12.4. The maximum absolute atomic E-state index is 12.7. The number of ether oxygens (including phenoxy) is 1. The van der Waals surface area contributed by atoms with Crippen LogP contribution in [0, 0.1) is 11.2 Å². The molecule has 0 heterocycles. The molecule has 0 aliphatic heterocycles. The van der Waals surface area contributed by atoms with Crippen molar-refractivity contribution >= 4 is 0 Å². The molecule has 94 valence electrons. The number of halogens is 1. The predicted molar refractivity (Wildman–Crippen MR) is 66.5 cm³/mol. The molecule has 0 bridgehead atoms. The van der Waals surface area contributed by atoms with E-state index in [1.807, 2.05) is 0 Å². The van der Waals surface area contributed by atoms with Crippen molar-refractivity contribution in [2.45, 2.75) is 32.1 Å². The summed E-state index contributed by atoms with van der Waals surface area (Å²) in [6.45, 7) is 1.32. The van der Waals surface area contributed by atoms with Gasteiger partial charge in [0.05, 0.1) is 6.61 Å². The summed E-state index contributed by atoms with van der Waals surface area (Å²) < 4.78 is 18.5. The normalized spacial score (nSPS) is 18.9. The summed E-state index contributed by atoms with van der Waals surface area (Å²) in [4.78, 5) is 0. The highest BCUT2D eigenvalue weighted by Crippen LogP contribution is 2.35. The van der Waals surface area contributed by atoms with Gasteiger partial charge in [-0.05, 0) is 37.1 Å². The molecule has 0 spiro atoms. The van der Waals surface area contributed by atoms with Crippen LogP contribution in [0.5, 0.6) is 5.75 Å². The Labute approximate surface area is 102 Å². The van der Waals surface area contributed by atoms with Crippen LogP contribution in [0.2, 0.25) is 0 Å². The van der Waals surface area contributed by atoms with Gasteiger partial charge in [0.2, 0.25) is 0 Å². The van der Waals surface area contributed by atoms with E-state index >= 15 is 0 Å². The van der Waals surface area contributed by atoms with Crippen LogP contribution in [-0.4, -0.2) is 13.2 Å². The van der Waals surface area contributed by atoms with Crippen molar-refractivity contribution in [3.63, 3.8) is 0 Å². The SMILES string of the molecule is NCC1(COc2ccc(F)cc2)CCCCC1. The summed E-state index contributed by atoms with van der Waals surface area (Å²) in [7, 11) is 0. The van der Waals surface area contributed by atoms with E-state index in [2.05, 4.69) is 0 Å². The van der Waals surface area contributed by atoms with Crippen molar-refractivity contribution in [1.82, 2.24) is 0 Å². The molecular formula is C14H20FNO. The molecule has 3 heteroatoms. The van der Waals surface area contributed by atoms with Crippen LogP contribution >= 0.6 is 0 Å². The highest BCUT2D eigenvalue weighted by Gasteiger charge is 2.31. The van der Waals surface area contributed by atoms with Crippen LogP contribution in [0.3, 0.4) is 0 Å². The fourth-order valence-corrected chi connectivity index (χ4v) is 2.48. The van der Waals surface area contributed by atoms with E-state index in [1.165, 1.54) is 31.4 Å². The summed E-state index contributed by atoms with van der Waals surface area (Å²) >= 11 is 0. The van der Waals surface area contributed by atoms with Gasteiger partial charge < -0.3 is 10.5 Å². The molecule has 2 nitrogen and oxygen atoms in total. The minimum Gasteiger partial charge on any atom is -0.493 e. The smallest absolute Gasteiger partial charge is 0.123 e. The monoisotopic (exact) mass is 237 g/mol. The molecule has 0 saturated heterocycles. The summed E-state index contributed by atoms with van der Waals surface area (Å²) in [5.41, 5.74) is 6.02. The summed E-state index contributed by atoms with van der Waals surface area (Å²) in [5, 5.41) is 0. The van der Waals surface area contributed by atoms with Crippen LogP contribution in [0.1, 0.15) is 32.1 Å². The Hall–Kier alpha value is -1.09. The van der Waals surface area contributed by atoms with Gasteiger partial charge in [-0.1, -0.05) is 19.3 Å². The minimum atomic E-state index is -0.233. The third-order valence-electron chi connectivity index (χ3n) is 3.71. The van der Waals surface area contributed by atoms with Crippen molar-refractivity contribution < 1.29 is 9.13 Å². The number of rotatable bonds is 4. The summed E-state index contributed by atoms with van der Waals surface area (Å²) in [5.74, 6) is 0.494. The zero-order chi connectivity index (χ0) is 12.1. The Morgan fingerprint density at radius 1 is 1.12 bits per heavy atom. The Bertz CT molecular complexity index is 344. The predicted octanol–water partition coefficient (Wildman–Crippen LogP) is 3.11. The third-order valence-corrected chi connectivity index (χ3v) is 3.71. The number of hydrogen-bond acceptors (Lipinski definition) is 2. The zero-order valence-corrected chi connectivity index (χ0v) is 10.1. The van der Waals surface area contributed by atoms with Crippen molar-refractivity contribution in [2.75, 3.05) is 13.2 Å². The average Bonchev–Trinajstić information content (AvgIpc) is 2.39. The van der Waals surface area contributed by atoms with Gasteiger partial charge in [-0.3, -0.25) is 0 Å². The molecule has 0 aromatic heterocycles. The van der Waals surface area contributed by atoms with E-state index in [1.54, 1.807) is 12.1 Å². The van der Waals surface area contributed by atoms with Gasteiger partial charge in [-0.25, -0.2) is 4.39 Å². The Kier molecular flexibility index (Phi) is 4.00. The fourth-order valence-electron chi connectivity index (χ4n) is 2.48. The molecule has 1 aliphatic rings. The molecule has 1 fully saturated rings. The maximum atomic E-state index is 12.7. The van der Waals surface area contributed by atoms with Crippen LogP contribution in [0.25, 0.3) is 0 Å². The van der Waals surface area contributed by atoms with Crippen molar-refractivity contribution in [3.8, 4) is 5.75 Å². The van der Waals surface area contributed by atoms with E-state index in [0.29, 0.717) is 13.2 Å². The van der Waals surface area contributed by atoms with E-state index < -0.39 is 0 Å². The standard InChI is InChI=1S/C14H20FNO/c15-12-4-6-13(7-5-12)17-11-14(10-16)8-2-1-3-9-14/h4-7H,1-3,8-11,16H2. The number of benzene rings is 1. The van der Waals surface area contributed by atoms with Gasteiger partial charge in [-0.2, -0.15) is 0 Å². The molecule has 0 radical (unpaired) electrons. The summed E-state index contributed by atoms with van der Waals surface area (Å²) in [6.07, 6.45) is 6.07. The average molecular weight is 237 g/mol. The molecule has 2 rings (SSSR count). The topological polar surface area (TPSA) is 35.2 Å². The molecule has 0 unspecified atom stereocenters. The van der Waals surface area contributed by atoms with E-state index in [0.717, 1.165) is 18.6 Å². The van der Waals surface area contributed by atoms with Crippen LogP contribution in [0.15, 0.2) is 24.3 Å². The van der Waals surface area contributed by atoms with Gasteiger partial charge in [0.25, 0.3) is 0 Å². The van der Waals surface area contributed by atoms with Crippen LogP contribution in [0.4, 0.5) is 4.39 Å². The van der Waals surface area contributed by atoms with Gasteiger partial charge in [0.15, 0.2) is 0 Å². The highest BCUT2D eigenvalue weighted by molar-refractivity contribution is 5.22. The lowest BCUT2D eigenvalue weighted by atomic mass is 9.75. The Morgan fingerprint density at radius 3 is 2.35 bits per heavy atom. The van der Waals surface area contributed by atoms with E-state index in [4.69, 9.17) is 10.5 Å². The van der Waals surface area contributed by atoms with E-state index in [9.17, 15) is 4.39 Å². The first-order valence-electron chi connectivity index (χ1n) is 6.33. The quantitative estimate of drug-likeness (QED) is 0.873.